The lowest BCUT2D eigenvalue weighted by atomic mass is 10.2. The molecule has 2 aromatic heterocycles. The molecule has 0 spiro atoms. The van der Waals surface area contributed by atoms with Gasteiger partial charge in [0.1, 0.15) is 17.4 Å². The van der Waals surface area contributed by atoms with Gasteiger partial charge in [-0.25, -0.2) is 4.98 Å². The summed E-state index contributed by atoms with van der Waals surface area (Å²) in [7, 11) is 0. The summed E-state index contributed by atoms with van der Waals surface area (Å²) >= 11 is 7.44. The number of nitrogens with zero attached hydrogens (tertiary/aromatic N) is 3. The first-order chi connectivity index (χ1) is 11.1. The molecule has 0 aliphatic carbocycles. The largest absolute Gasteiger partial charge is 0.487 e. The summed E-state index contributed by atoms with van der Waals surface area (Å²) in [6.45, 7) is 4.22. The van der Waals surface area contributed by atoms with Crippen LogP contribution in [-0.4, -0.2) is 14.6 Å². The Bertz CT molecular complexity index is 904. The van der Waals surface area contributed by atoms with E-state index in [0.717, 1.165) is 23.4 Å². The Kier molecular flexibility index (Phi) is 4.63. The van der Waals surface area contributed by atoms with Gasteiger partial charge in [0.05, 0.1) is 5.69 Å². The summed E-state index contributed by atoms with van der Waals surface area (Å²) in [4.78, 5) is 17.2. The van der Waals surface area contributed by atoms with E-state index in [1.54, 1.807) is 12.1 Å². The van der Waals surface area contributed by atoms with E-state index in [-0.39, 0.29) is 12.2 Å². The van der Waals surface area contributed by atoms with E-state index in [1.165, 1.54) is 21.9 Å². The number of halogens is 1. The smallest absolute Gasteiger partial charge is 0.275 e. The molecule has 3 rings (SSSR count). The molecule has 0 aliphatic rings. The van der Waals surface area contributed by atoms with E-state index < -0.39 is 0 Å². The van der Waals surface area contributed by atoms with Crippen LogP contribution < -0.4 is 10.3 Å². The van der Waals surface area contributed by atoms with E-state index in [0.29, 0.717) is 21.4 Å². The summed E-state index contributed by atoms with van der Waals surface area (Å²) in [5.41, 5.74) is 1.35. The normalized spacial score (nSPS) is 11.1. The molecule has 0 bridgehead atoms. The number of benzene rings is 1. The van der Waals surface area contributed by atoms with Gasteiger partial charge in [-0.05, 0) is 37.1 Å². The summed E-state index contributed by atoms with van der Waals surface area (Å²) < 4.78 is 7.05. The molecule has 0 saturated heterocycles. The van der Waals surface area contributed by atoms with E-state index >= 15 is 0 Å². The second-order valence-corrected chi connectivity index (χ2v) is 6.67. The van der Waals surface area contributed by atoms with Crippen LogP contribution >= 0.6 is 22.9 Å². The van der Waals surface area contributed by atoms with Crippen molar-refractivity contribution >= 4 is 27.9 Å². The van der Waals surface area contributed by atoms with Crippen LogP contribution in [0.1, 0.15) is 29.6 Å². The molecule has 7 heteroatoms. The second kappa shape index (κ2) is 6.68. The Morgan fingerprint density at radius 2 is 2.17 bits per heavy atom. The monoisotopic (exact) mass is 349 g/mol. The zero-order valence-corrected chi connectivity index (χ0v) is 14.4. The quantitative estimate of drug-likeness (QED) is 0.705. The van der Waals surface area contributed by atoms with Gasteiger partial charge in [-0.1, -0.05) is 29.9 Å². The lowest BCUT2D eigenvalue weighted by molar-refractivity contribution is 0.301. The minimum Gasteiger partial charge on any atom is -0.487 e. The molecular weight excluding hydrogens is 334 g/mol. The summed E-state index contributed by atoms with van der Waals surface area (Å²) in [5, 5.41) is 5.90. The highest BCUT2D eigenvalue weighted by molar-refractivity contribution is 7.16. The SMILES string of the molecule is CCCc1nn2c(=O)cc(COc3ccc(Cl)c(C)c3)nc2s1. The molecule has 2 heterocycles. The highest BCUT2D eigenvalue weighted by Crippen LogP contribution is 2.21. The standard InChI is InChI=1S/C16H16ClN3O2S/c1-3-4-14-19-20-15(21)8-11(18-16(20)23-14)9-22-12-5-6-13(17)10(2)7-12/h5-8H,3-4,9H2,1-2H3. The number of ether oxygens (including phenoxy) is 1. The number of aryl methyl sites for hydroxylation is 2. The van der Waals surface area contributed by atoms with E-state index in [1.807, 2.05) is 13.0 Å². The fourth-order valence-electron chi connectivity index (χ4n) is 2.15. The van der Waals surface area contributed by atoms with Gasteiger partial charge < -0.3 is 4.74 Å². The van der Waals surface area contributed by atoms with Gasteiger partial charge in [0.15, 0.2) is 0 Å². The zero-order valence-electron chi connectivity index (χ0n) is 12.9. The minimum absolute atomic E-state index is 0.181. The van der Waals surface area contributed by atoms with Crippen LogP contribution in [0.25, 0.3) is 4.96 Å². The molecule has 0 saturated carbocycles. The maximum atomic E-state index is 12.1. The summed E-state index contributed by atoms with van der Waals surface area (Å²) in [6.07, 6.45) is 1.84. The number of hydrogen-bond acceptors (Lipinski definition) is 5. The first-order valence-electron chi connectivity index (χ1n) is 7.34. The summed E-state index contributed by atoms with van der Waals surface area (Å²) in [5.74, 6) is 0.699. The van der Waals surface area contributed by atoms with Crippen LogP contribution in [0.4, 0.5) is 0 Å². The van der Waals surface area contributed by atoms with Crippen molar-refractivity contribution in [2.45, 2.75) is 33.3 Å². The van der Waals surface area contributed by atoms with Crippen molar-refractivity contribution in [3.63, 3.8) is 0 Å². The Morgan fingerprint density at radius 1 is 1.35 bits per heavy atom. The van der Waals surface area contributed by atoms with Crippen LogP contribution in [0.2, 0.25) is 5.02 Å². The average molecular weight is 350 g/mol. The maximum absolute atomic E-state index is 12.1. The van der Waals surface area contributed by atoms with Gasteiger partial charge in [-0.2, -0.15) is 9.61 Å². The van der Waals surface area contributed by atoms with Crippen LogP contribution in [0.3, 0.4) is 0 Å². The number of aromatic nitrogens is 3. The van der Waals surface area contributed by atoms with Gasteiger partial charge in [-0.3, -0.25) is 4.79 Å². The molecule has 120 valence electrons. The molecule has 5 nitrogen and oxygen atoms in total. The minimum atomic E-state index is -0.181. The van der Waals surface area contributed by atoms with Crippen LogP contribution in [0.15, 0.2) is 29.1 Å². The number of fused-ring (bicyclic) bond motifs is 1. The Hall–Kier alpha value is -1.92. The van der Waals surface area contributed by atoms with Crippen LogP contribution in [0.5, 0.6) is 5.75 Å². The molecule has 1 aromatic carbocycles. The highest BCUT2D eigenvalue weighted by atomic mass is 35.5. The van der Waals surface area contributed by atoms with Gasteiger partial charge in [0.25, 0.3) is 5.56 Å². The first-order valence-corrected chi connectivity index (χ1v) is 8.54. The summed E-state index contributed by atoms with van der Waals surface area (Å²) in [6, 6.07) is 6.91. The van der Waals surface area contributed by atoms with E-state index in [4.69, 9.17) is 16.3 Å². The molecule has 0 radical (unpaired) electrons. The predicted octanol–water partition coefficient (Wildman–Crippen LogP) is 3.64. The molecule has 0 atom stereocenters. The van der Waals surface area contributed by atoms with Crippen molar-refractivity contribution in [3.05, 3.63) is 55.9 Å². The lowest BCUT2D eigenvalue weighted by Gasteiger charge is -2.07. The third kappa shape index (κ3) is 3.54. The molecule has 0 N–H and O–H groups in total. The maximum Gasteiger partial charge on any atom is 0.275 e. The van der Waals surface area contributed by atoms with Gasteiger partial charge in [0.2, 0.25) is 4.96 Å². The third-order valence-electron chi connectivity index (χ3n) is 3.32. The van der Waals surface area contributed by atoms with Crippen molar-refractivity contribution in [2.24, 2.45) is 0 Å². The van der Waals surface area contributed by atoms with Gasteiger partial charge in [-0.15, -0.1) is 0 Å². The van der Waals surface area contributed by atoms with Crippen molar-refractivity contribution in [1.82, 2.24) is 14.6 Å². The zero-order chi connectivity index (χ0) is 16.4. The highest BCUT2D eigenvalue weighted by Gasteiger charge is 2.09. The average Bonchev–Trinajstić information content (AvgIpc) is 2.92. The number of rotatable bonds is 5. The molecule has 0 fully saturated rings. The predicted molar refractivity (Wildman–Crippen MR) is 91.7 cm³/mol. The van der Waals surface area contributed by atoms with Gasteiger partial charge in [0, 0.05) is 17.5 Å². The molecule has 23 heavy (non-hydrogen) atoms. The fraction of sp³-hybridized carbons (Fsp3) is 0.312. The molecule has 0 unspecified atom stereocenters. The lowest BCUT2D eigenvalue weighted by Crippen LogP contribution is -2.16. The molecule has 3 aromatic rings. The molecular formula is C16H16ClN3O2S. The first kappa shape index (κ1) is 16.0. The second-order valence-electron chi connectivity index (χ2n) is 5.23. The van der Waals surface area contributed by atoms with Crippen LogP contribution in [0, 0.1) is 6.92 Å². The van der Waals surface area contributed by atoms with Crippen molar-refractivity contribution < 1.29 is 4.74 Å². The third-order valence-corrected chi connectivity index (χ3v) is 4.71. The van der Waals surface area contributed by atoms with Gasteiger partial charge >= 0.3 is 0 Å². The van der Waals surface area contributed by atoms with Crippen LogP contribution in [-0.2, 0) is 13.0 Å². The molecule has 0 amide bonds. The Labute approximate surface area is 142 Å². The fourth-order valence-corrected chi connectivity index (χ4v) is 3.29. The Balaban J connectivity index is 1.82. The van der Waals surface area contributed by atoms with Crippen molar-refractivity contribution in [2.75, 3.05) is 0 Å². The van der Waals surface area contributed by atoms with Crippen molar-refractivity contribution in [3.8, 4) is 5.75 Å². The molecule has 0 aliphatic heterocycles. The topological polar surface area (TPSA) is 56.5 Å². The Morgan fingerprint density at radius 3 is 2.91 bits per heavy atom. The number of hydrogen-bond donors (Lipinski definition) is 0. The van der Waals surface area contributed by atoms with Crippen molar-refractivity contribution in [1.29, 1.82) is 0 Å². The van der Waals surface area contributed by atoms with E-state index in [2.05, 4.69) is 17.0 Å². The van der Waals surface area contributed by atoms with E-state index in [9.17, 15) is 4.79 Å².